The van der Waals surface area contributed by atoms with Crippen LogP contribution in [0.15, 0.2) is 60.0 Å². The van der Waals surface area contributed by atoms with E-state index in [-0.39, 0.29) is 22.5 Å². The lowest BCUT2D eigenvalue weighted by atomic mass is 9.49. The molecule has 0 amide bonds. The molecule has 2 aliphatic heterocycles. The minimum Gasteiger partial charge on any atom is -0.388 e. The molecular weight excluding hydrogens is 448 g/mol. The number of hydrogen-bond donors (Lipinski definition) is 2. The van der Waals surface area contributed by atoms with Gasteiger partial charge < -0.3 is 19.8 Å². The van der Waals surface area contributed by atoms with E-state index in [0.29, 0.717) is 5.92 Å². The molecule has 190 valence electrons. The molecule has 3 aliphatic carbocycles. The van der Waals surface area contributed by atoms with E-state index >= 15 is 0 Å². The molecule has 3 heterocycles. The molecular formula is C31H38N2O3. The minimum absolute atomic E-state index is 0.0151. The van der Waals surface area contributed by atoms with Crippen LogP contribution < -0.4 is 0 Å². The fourth-order valence-electron chi connectivity index (χ4n) is 9.15. The summed E-state index contributed by atoms with van der Waals surface area (Å²) >= 11 is 0. The molecule has 1 saturated heterocycles. The lowest BCUT2D eigenvalue weighted by Crippen LogP contribution is -2.64. The number of hydrogen-bond acceptors (Lipinski definition) is 5. The molecule has 8 atom stereocenters. The number of rotatable bonds is 2. The van der Waals surface area contributed by atoms with Gasteiger partial charge in [-0.1, -0.05) is 38.1 Å². The van der Waals surface area contributed by atoms with Gasteiger partial charge in [-0.2, -0.15) is 0 Å². The molecule has 7 rings (SSSR count). The number of aromatic nitrogens is 1. The number of nitrogens with zero attached hydrogens (tertiary/aromatic N) is 2. The number of ether oxygens (including phenoxy) is 1. The quantitative estimate of drug-likeness (QED) is 0.642. The number of likely N-dealkylation sites (N-methyl/N-ethyl adjacent to an activating group) is 1. The van der Waals surface area contributed by atoms with Crippen LogP contribution in [0.3, 0.4) is 0 Å². The maximum atomic E-state index is 11.2. The average Bonchev–Trinajstić information content (AvgIpc) is 3.34. The monoisotopic (exact) mass is 486 g/mol. The maximum Gasteiger partial charge on any atom is 0.105 e. The van der Waals surface area contributed by atoms with Gasteiger partial charge in [0, 0.05) is 29.2 Å². The summed E-state index contributed by atoms with van der Waals surface area (Å²) in [6, 6.07) is 8.90. The minimum atomic E-state index is -0.883. The van der Waals surface area contributed by atoms with Gasteiger partial charge in [0.15, 0.2) is 0 Å². The largest absolute Gasteiger partial charge is 0.388 e. The van der Waals surface area contributed by atoms with Crippen LogP contribution in [0.5, 0.6) is 0 Å². The highest BCUT2D eigenvalue weighted by atomic mass is 16.5. The highest BCUT2D eigenvalue weighted by Crippen LogP contribution is 2.75. The van der Waals surface area contributed by atoms with Crippen LogP contribution in [0, 0.1) is 10.8 Å². The van der Waals surface area contributed by atoms with Crippen LogP contribution in [-0.2, 0) is 4.74 Å². The summed E-state index contributed by atoms with van der Waals surface area (Å²) in [6.45, 7) is 4.98. The summed E-state index contributed by atoms with van der Waals surface area (Å²) in [5.41, 5.74) is 2.78. The number of aliphatic hydroxyl groups is 2. The van der Waals surface area contributed by atoms with Crippen LogP contribution in [0.4, 0.5) is 0 Å². The van der Waals surface area contributed by atoms with E-state index in [1.807, 2.05) is 31.4 Å². The third-order valence-corrected chi connectivity index (χ3v) is 11.5. The number of allylic oxidation sites excluding steroid dienone is 1. The standard InChI is InChI=1S/C31H38N2O3/c1-28-10-7-22-16-24-26(34)27(35)25(33(3)4)17-30(24)12-13-31(22,36-30)29(28,2)11-8-23(28)20-6-5-19-9-14-32-18-21(19)15-20/h5-7,9,14-16,18,23,25-27,34-35H,8,10-13,17H2,1-4H3/t23-,25+,26-,27-,28-,29-,30-,31+/m1/s1. The number of fused-ring (bicyclic) bond motifs is 2. The van der Waals surface area contributed by atoms with E-state index in [1.54, 1.807) is 0 Å². The van der Waals surface area contributed by atoms with Crippen molar-refractivity contribution in [1.82, 2.24) is 9.88 Å². The number of pyridine rings is 1. The zero-order valence-corrected chi connectivity index (χ0v) is 21.9. The zero-order valence-electron chi connectivity index (χ0n) is 21.9. The first-order chi connectivity index (χ1) is 17.1. The van der Waals surface area contributed by atoms with Gasteiger partial charge in [-0.15, -0.1) is 0 Å². The fraction of sp³-hybridized carbons (Fsp3) is 0.581. The highest BCUT2D eigenvalue weighted by Gasteiger charge is 2.73. The first-order valence-electron chi connectivity index (χ1n) is 13.6. The zero-order chi connectivity index (χ0) is 25.1. The summed E-state index contributed by atoms with van der Waals surface area (Å²) < 4.78 is 7.37. The van der Waals surface area contributed by atoms with E-state index in [1.165, 1.54) is 21.9 Å². The van der Waals surface area contributed by atoms with Gasteiger partial charge in [0.05, 0.1) is 17.3 Å². The van der Waals surface area contributed by atoms with Gasteiger partial charge in [-0.05, 0) is 98.2 Å². The summed E-state index contributed by atoms with van der Waals surface area (Å²) in [5, 5.41) is 24.6. The first-order valence-corrected chi connectivity index (χ1v) is 13.6. The smallest absolute Gasteiger partial charge is 0.105 e. The third kappa shape index (κ3) is 2.63. The van der Waals surface area contributed by atoms with Crippen LogP contribution in [-0.4, -0.2) is 63.6 Å². The van der Waals surface area contributed by atoms with Crippen molar-refractivity contribution in [3.05, 3.63) is 65.5 Å². The average molecular weight is 487 g/mol. The van der Waals surface area contributed by atoms with Crippen LogP contribution >= 0.6 is 0 Å². The molecule has 5 aliphatic rings. The third-order valence-electron chi connectivity index (χ3n) is 11.5. The van der Waals surface area contributed by atoms with Crippen LogP contribution in [0.1, 0.15) is 63.9 Å². The Balaban J connectivity index is 1.33. The van der Waals surface area contributed by atoms with Gasteiger partial charge >= 0.3 is 0 Å². The second kappa shape index (κ2) is 7.28. The lowest BCUT2D eigenvalue weighted by molar-refractivity contribution is -0.195. The molecule has 2 saturated carbocycles. The Morgan fingerprint density at radius 3 is 2.69 bits per heavy atom. The summed E-state index contributed by atoms with van der Waals surface area (Å²) in [6.07, 6.45) is 12.7. The number of aliphatic hydroxyl groups excluding tert-OH is 2. The predicted molar refractivity (Wildman–Crippen MR) is 141 cm³/mol. The van der Waals surface area contributed by atoms with E-state index in [0.717, 1.165) is 44.1 Å². The Labute approximate surface area is 213 Å². The Kier molecular flexibility index (Phi) is 4.67. The van der Waals surface area contributed by atoms with E-state index in [9.17, 15) is 10.2 Å². The van der Waals surface area contributed by atoms with Crippen LogP contribution in [0.25, 0.3) is 10.8 Å². The first kappa shape index (κ1) is 23.1. The van der Waals surface area contributed by atoms with E-state index in [2.05, 4.69) is 55.2 Å². The SMILES string of the molecule is CN(C)[C@H]1C[C@@]23CC[C@]4(O2)C(=CC[C@]2(C)[C@@H](c5ccc6ccncc6c5)CC[C@@]42C)C=C3[C@@H](O)[C@@H]1O. The topological polar surface area (TPSA) is 65.8 Å². The molecule has 2 aromatic rings. The summed E-state index contributed by atoms with van der Waals surface area (Å²) in [4.78, 5) is 6.41. The summed E-state index contributed by atoms with van der Waals surface area (Å²) in [5.74, 6) is 0.457. The molecule has 2 spiro atoms. The van der Waals surface area contributed by atoms with Crippen LogP contribution in [0.2, 0.25) is 0 Å². The Morgan fingerprint density at radius 1 is 1.06 bits per heavy atom. The molecule has 3 fully saturated rings. The van der Waals surface area contributed by atoms with Gasteiger partial charge in [-0.3, -0.25) is 4.98 Å². The lowest BCUT2D eigenvalue weighted by Gasteiger charge is -2.61. The molecule has 0 radical (unpaired) electrons. The van der Waals surface area contributed by atoms with Crippen molar-refractivity contribution in [2.75, 3.05) is 14.1 Å². The van der Waals surface area contributed by atoms with Crippen molar-refractivity contribution in [3.63, 3.8) is 0 Å². The van der Waals surface area contributed by atoms with E-state index in [4.69, 9.17) is 4.74 Å². The second-order valence-corrected chi connectivity index (χ2v) is 12.9. The predicted octanol–water partition coefficient (Wildman–Crippen LogP) is 4.74. The Hall–Kier alpha value is -2.05. The molecule has 1 aromatic carbocycles. The van der Waals surface area contributed by atoms with E-state index < -0.39 is 17.8 Å². The van der Waals surface area contributed by atoms with Crippen molar-refractivity contribution in [2.24, 2.45) is 10.8 Å². The van der Waals surface area contributed by atoms with Gasteiger partial charge in [-0.25, -0.2) is 0 Å². The molecule has 5 heteroatoms. The molecule has 1 aromatic heterocycles. The van der Waals surface area contributed by atoms with Gasteiger partial charge in [0.1, 0.15) is 6.10 Å². The molecule has 2 N–H and O–H groups in total. The molecule has 36 heavy (non-hydrogen) atoms. The van der Waals surface area contributed by atoms with Gasteiger partial charge in [0.2, 0.25) is 0 Å². The van der Waals surface area contributed by atoms with Crippen molar-refractivity contribution >= 4 is 10.8 Å². The second-order valence-electron chi connectivity index (χ2n) is 12.9. The fourth-order valence-corrected chi connectivity index (χ4v) is 9.15. The molecule has 5 nitrogen and oxygen atoms in total. The molecule has 0 unspecified atom stereocenters. The Bertz CT molecular complexity index is 1320. The molecule has 2 bridgehead atoms. The van der Waals surface area contributed by atoms with Crippen molar-refractivity contribution in [1.29, 1.82) is 0 Å². The maximum absolute atomic E-state index is 11.2. The normalized spacial score (nSPS) is 45.2. The van der Waals surface area contributed by atoms with Crippen molar-refractivity contribution in [3.8, 4) is 0 Å². The van der Waals surface area contributed by atoms with Crippen molar-refractivity contribution in [2.45, 2.75) is 87.7 Å². The Morgan fingerprint density at radius 2 is 1.89 bits per heavy atom. The van der Waals surface area contributed by atoms with Crippen molar-refractivity contribution < 1.29 is 14.9 Å². The van der Waals surface area contributed by atoms with Gasteiger partial charge in [0.25, 0.3) is 0 Å². The summed E-state index contributed by atoms with van der Waals surface area (Å²) in [7, 11) is 3.98. The number of benzene rings is 1. The highest BCUT2D eigenvalue weighted by molar-refractivity contribution is 5.82.